The zero-order chi connectivity index (χ0) is 16.6. The molecule has 0 aliphatic carbocycles. The van der Waals surface area contributed by atoms with Crippen LogP contribution in [-0.2, 0) is 4.79 Å². The molecule has 1 atom stereocenters. The minimum absolute atomic E-state index is 0.206. The van der Waals surface area contributed by atoms with Gasteiger partial charge >= 0.3 is 0 Å². The van der Waals surface area contributed by atoms with Crippen molar-refractivity contribution in [3.63, 3.8) is 0 Å². The summed E-state index contributed by atoms with van der Waals surface area (Å²) in [6.07, 6.45) is 2.87. The number of likely N-dealkylation sites (tertiary alicyclic amines) is 1. The van der Waals surface area contributed by atoms with Gasteiger partial charge in [0.05, 0.1) is 12.1 Å². The number of carbonyl (C=O) groups excluding carboxylic acids is 1. The van der Waals surface area contributed by atoms with Crippen LogP contribution < -0.4 is 10.6 Å². The number of nitrogens with zero attached hydrogens (tertiary/aromatic N) is 2. The largest absolute Gasteiger partial charge is 0.388 e. The van der Waals surface area contributed by atoms with E-state index >= 15 is 0 Å². The van der Waals surface area contributed by atoms with Crippen molar-refractivity contribution in [1.82, 2.24) is 15.5 Å². The van der Waals surface area contributed by atoms with E-state index in [0.717, 1.165) is 32.0 Å². The van der Waals surface area contributed by atoms with Crippen LogP contribution in [0, 0.1) is 0 Å². The maximum absolute atomic E-state index is 11.7. The van der Waals surface area contributed by atoms with Gasteiger partial charge in [-0.25, -0.2) is 0 Å². The Morgan fingerprint density at radius 1 is 1.32 bits per heavy atom. The minimum Gasteiger partial charge on any atom is -0.388 e. The van der Waals surface area contributed by atoms with E-state index in [4.69, 9.17) is 0 Å². The normalized spacial score (nSPS) is 19.4. The van der Waals surface area contributed by atoms with E-state index in [1.165, 1.54) is 0 Å². The topological polar surface area (TPSA) is 77.0 Å². The molecule has 1 amide bonds. The van der Waals surface area contributed by atoms with Gasteiger partial charge in [0.1, 0.15) is 0 Å². The maximum atomic E-state index is 11.7. The van der Waals surface area contributed by atoms with Crippen LogP contribution in [0.25, 0.3) is 0 Å². The van der Waals surface area contributed by atoms with E-state index in [-0.39, 0.29) is 11.9 Å². The number of hydrogen-bond acceptors (Lipinski definition) is 3. The SMILES string of the molecule is CCNC(=NCC(O)(CC)CC)NC1CCN(C(=O)CC)C1. The number of guanidine groups is 1. The molecular formula is C16H32N4O2. The van der Waals surface area contributed by atoms with Gasteiger partial charge in [-0.1, -0.05) is 20.8 Å². The Bertz CT molecular complexity index is 380. The molecule has 1 aliphatic rings. The molecule has 128 valence electrons. The first kappa shape index (κ1) is 18.7. The van der Waals surface area contributed by atoms with Crippen molar-refractivity contribution < 1.29 is 9.90 Å². The molecule has 6 heteroatoms. The Hall–Kier alpha value is -1.30. The quantitative estimate of drug-likeness (QED) is 0.486. The van der Waals surface area contributed by atoms with Crippen molar-refractivity contribution in [3.8, 4) is 0 Å². The second kappa shape index (κ2) is 8.98. The van der Waals surface area contributed by atoms with Gasteiger partial charge in [-0.2, -0.15) is 0 Å². The number of nitrogens with one attached hydrogen (secondary N) is 2. The fourth-order valence-electron chi connectivity index (χ4n) is 2.54. The molecule has 1 unspecified atom stereocenters. The second-order valence-corrected chi connectivity index (χ2v) is 5.95. The fourth-order valence-corrected chi connectivity index (χ4v) is 2.54. The van der Waals surface area contributed by atoms with Crippen LogP contribution in [0.15, 0.2) is 4.99 Å². The molecule has 22 heavy (non-hydrogen) atoms. The number of carbonyl (C=O) groups is 1. The molecule has 6 nitrogen and oxygen atoms in total. The summed E-state index contributed by atoms with van der Waals surface area (Å²) in [5, 5.41) is 16.9. The van der Waals surface area contributed by atoms with Crippen molar-refractivity contribution >= 4 is 11.9 Å². The Morgan fingerprint density at radius 2 is 2.00 bits per heavy atom. The summed E-state index contributed by atoms with van der Waals surface area (Å²) < 4.78 is 0. The van der Waals surface area contributed by atoms with Gasteiger partial charge in [-0.05, 0) is 26.2 Å². The molecule has 1 fully saturated rings. The van der Waals surface area contributed by atoms with E-state index in [2.05, 4.69) is 15.6 Å². The third-order valence-corrected chi connectivity index (χ3v) is 4.38. The monoisotopic (exact) mass is 312 g/mol. The zero-order valence-corrected chi connectivity index (χ0v) is 14.5. The molecule has 1 rings (SSSR count). The van der Waals surface area contributed by atoms with E-state index in [0.29, 0.717) is 25.8 Å². The molecular weight excluding hydrogens is 280 g/mol. The molecule has 0 saturated carbocycles. The summed E-state index contributed by atoms with van der Waals surface area (Å²) in [6.45, 7) is 10.6. The summed E-state index contributed by atoms with van der Waals surface area (Å²) in [4.78, 5) is 18.1. The molecule has 0 aromatic carbocycles. The lowest BCUT2D eigenvalue weighted by molar-refractivity contribution is -0.129. The average Bonchev–Trinajstić information content (AvgIpc) is 3.00. The standard InChI is InChI=1S/C16H32N4O2/c1-5-14(21)20-10-9-13(11-20)19-15(17-8-4)18-12-16(22,6-2)7-3/h13,22H,5-12H2,1-4H3,(H2,17,18,19). The van der Waals surface area contributed by atoms with E-state index in [1.54, 1.807) is 0 Å². The first-order valence-electron chi connectivity index (χ1n) is 8.52. The molecule has 0 aromatic heterocycles. The van der Waals surface area contributed by atoms with Crippen molar-refractivity contribution in [2.24, 2.45) is 4.99 Å². The molecule has 1 heterocycles. The van der Waals surface area contributed by atoms with Crippen LogP contribution in [0.5, 0.6) is 0 Å². The van der Waals surface area contributed by atoms with Gasteiger partial charge < -0.3 is 20.6 Å². The smallest absolute Gasteiger partial charge is 0.222 e. The Labute approximate surface area is 134 Å². The molecule has 0 radical (unpaired) electrons. The summed E-state index contributed by atoms with van der Waals surface area (Å²) in [6, 6.07) is 0.227. The molecule has 0 spiro atoms. The van der Waals surface area contributed by atoms with Crippen LogP contribution in [-0.4, -0.2) is 59.7 Å². The summed E-state index contributed by atoms with van der Waals surface area (Å²) in [5.41, 5.74) is -0.734. The highest BCUT2D eigenvalue weighted by molar-refractivity contribution is 5.80. The van der Waals surface area contributed by atoms with Crippen molar-refractivity contribution in [3.05, 3.63) is 0 Å². The Balaban J connectivity index is 2.59. The molecule has 3 N–H and O–H groups in total. The fraction of sp³-hybridized carbons (Fsp3) is 0.875. The van der Waals surface area contributed by atoms with Crippen LogP contribution in [0.1, 0.15) is 53.4 Å². The Kier molecular flexibility index (Phi) is 7.65. The van der Waals surface area contributed by atoms with Gasteiger partial charge in [0.2, 0.25) is 5.91 Å². The van der Waals surface area contributed by atoms with E-state index in [1.807, 2.05) is 32.6 Å². The molecule has 1 saturated heterocycles. The van der Waals surface area contributed by atoms with Crippen molar-refractivity contribution in [2.75, 3.05) is 26.2 Å². The van der Waals surface area contributed by atoms with Gasteiger partial charge in [0, 0.05) is 32.1 Å². The highest BCUT2D eigenvalue weighted by atomic mass is 16.3. The average molecular weight is 312 g/mol. The van der Waals surface area contributed by atoms with E-state index < -0.39 is 5.60 Å². The summed E-state index contributed by atoms with van der Waals surface area (Å²) in [7, 11) is 0. The predicted octanol–water partition coefficient (Wildman–Crippen LogP) is 1.10. The number of aliphatic hydroxyl groups is 1. The van der Waals surface area contributed by atoms with Gasteiger partial charge in [-0.3, -0.25) is 9.79 Å². The third-order valence-electron chi connectivity index (χ3n) is 4.38. The zero-order valence-electron chi connectivity index (χ0n) is 14.5. The van der Waals surface area contributed by atoms with Gasteiger partial charge in [0.15, 0.2) is 5.96 Å². The highest BCUT2D eigenvalue weighted by Crippen LogP contribution is 2.15. The molecule has 0 bridgehead atoms. The van der Waals surface area contributed by atoms with Crippen LogP contribution in [0.4, 0.5) is 0 Å². The number of aliphatic imine (C=N–C) groups is 1. The van der Waals surface area contributed by atoms with Gasteiger partial charge in [0.25, 0.3) is 0 Å². The van der Waals surface area contributed by atoms with Crippen molar-refractivity contribution in [2.45, 2.75) is 65.0 Å². The first-order valence-corrected chi connectivity index (χ1v) is 8.52. The number of amides is 1. The third kappa shape index (κ3) is 5.48. The van der Waals surface area contributed by atoms with Crippen LogP contribution in [0.3, 0.4) is 0 Å². The van der Waals surface area contributed by atoms with Crippen molar-refractivity contribution in [1.29, 1.82) is 0 Å². The second-order valence-electron chi connectivity index (χ2n) is 5.95. The number of hydrogen-bond donors (Lipinski definition) is 3. The summed E-state index contributed by atoms with van der Waals surface area (Å²) >= 11 is 0. The Morgan fingerprint density at radius 3 is 2.55 bits per heavy atom. The van der Waals surface area contributed by atoms with Gasteiger partial charge in [-0.15, -0.1) is 0 Å². The van der Waals surface area contributed by atoms with Crippen LogP contribution in [0.2, 0.25) is 0 Å². The minimum atomic E-state index is -0.734. The predicted molar refractivity (Wildman–Crippen MR) is 89.9 cm³/mol. The lowest BCUT2D eigenvalue weighted by Gasteiger charge is -2.24. The highest BCUT2D eigenvalue weighted by Gasteiger charge is 2.26. The maximum Gasteiger partial charge on any atom is 0.222 e. The summed E-state index contributed by atoms with van der Waals surface area (Å²) in [5.74, 6) is 0.927. The first-order chi connectivity index (χ1) is 10.5. The lowest BCUT2D eigenvalue weighted by Crippen LogP contribution is -2.46. The molecule has 0 aromatic rings. The lowest BCUT2D eigenvalue weighted by atomic mass is 9.98. The molecule has 1 aliphatic heterocycles. The number of rotatable bonds is 7. The van der Waals surface area contributed by atoms with Crippen LogP contribution >= 0.6 is 0 Å². The van der Waals surface area contributed by atoms with E-state index in [9.17, 15) is 9.90 Å².